The predicted molar refractivity (Wildman–Crippen MR) is 75.7 cm³/mol. The topological polar surface area (TPSA) is 47.5 Å². The quantitative estimate of drug-likeness (QED) is 0.792. The molecule has 1 aromatic heterocycles. The van der Waals surface area contributed by atoms with Crippen LogP contribution in [0.25, 0.3) is 0 Å². The first-order chi connectivity index (χ1) is 9.19. The average Bonchev–Trinajstić information content (AvgIpc) is 2.82. The first-order valence-electron chi connectivity index (χ1n) is 6.51. The molecule has 1 aromatic rings. The molecule has 2 unspecified atom stereocenters. The standard InChI is InChI=1S/C13H19N3O2S/c1-4-5-6-7-17-12-14-13(19-15-12)16-8-10(2)18-11(3)9-16/h10-11H,4,7-9H2,1-3H3. The van der Waals surface area contributed by atoms with Gasteiger partial charge in [0.2, 0.25) is 5.13 Å². The first kappa shape index (κ1) is 14.1. The van der Waals surface area contributed by atoms with Crippen molar-refractivity contribution in [1.82, 2.24) is 9.36 Å². The highest BCUT2D eigenvalue weighted by atomic mass is 32.1. The van der Waals surface area contributed by atoms with Crippen LogP contribution in [0.15, 0.2) is 0 Å². The van der Waals surface area contributed by atoms with Crippen molar-refractivity contribution in [3.05, 3.63) is 0 Å². The van der Waals surface area contributed by atoms with Gasteiger partial charge in [-0.15, -0.1) is 10.3 Å². The molecule has 0 aliphatic carbocycles. The second-order valence-electron chi connectivity index (χ2n) is 4.52. The largest absolute Gasteiger partial charge is 0.450 e. The number of morpholine rings is 1. The molecule has 1 saturated heterocycles. The fourth-order valence-corrected chi connectivity index (χ4v) is 2.64. The number of anilines is 1. The van der Waals surface area contributed by atoms with Gasteiger partial charge in [-0.25, -0.2) is 0 Å². The molecule has 19 heavy (non-hydrogen) atoms. The van der Waals surface area contributed by atoms with E-state index in [0.29, 0.717) is 12.6 Å². The molecular weight excluding hydrogens is 262 g/mol. The van der Waals surface area contributed by atoms with E-state index in [4.69, 9.17) is 9.47 Å². The summed E-state index contributed by atoms with van der Waals surface area (Å²) in [5.41, 5.74) is 0. The normalized spacial score (nSPS) is 22.8. The molecule has 0 saturated carbocycles. The van der Waals surface area contributed by atoms with Gasteiger partial charge < -0.3 is 14.4 Å². The summed E-state index contributed by atoms with van der Waals surface area (Å²) in [5, 5.41) is 0.889. The Morgan fingerprint density at radius 3 is 2.79 bits per heavy atom. The van der Waals surface area contributed by atoms with Crippen molar-refractivity contribution < 1.29 is 9.47 Å². The third-order valence-electron chi connectivity index (χ3n) is 2.66. The van der Waals surface area contributed by atoms with Gasteiger partial charge in [-0.1, -0.05) is 12.8 Å². The van der Waals surface area contributed by atoms with E-state index in [2.05, 4.69) is 39.9 Å². The number of nitrogens with zero attached hydrogens (tertiary/aromatic N) is 3. The summed E-state index contributed by atoms with van der Waals surface area (Å²) in [4.78, 5) is 6.58. The minimum absolute atomic E-state index is 0.215. The fourth-order valence-electron chi connectivity index (χ4n) is 2.00. The van der Waals surface area contributed by atoms with Crippen LogP contribution in [0.5, 0.6) is 6.01 Å². The van der Waals surface area contributed by atoms with E-state index in [0.717, 1.165) is 24.6 Å². The lowest BCUT2D eigenvalue weighted by molar-refractivity contribution is -0.00525. The SMILES string of the molecule is CCC#CCOc1nsc(N2CC(C)OC(C)C2)n1. The maximum Gasteiger partial charge on any atom is 0.331 e. The molecule has 0 N–H and O–H groups in total. The van der Waals surface area contributed by atoms with Crippen molar-refractivity contribution in [3.63, 3.8) is 0 Å². The lowest BCUT2D eigenvalue weighted by Gasteiger charge is -2.34. The van der Waals surface area contributed by atoms with E-state index < -0.39 is 0 Å². The molecule has 1 aliphatic rings. The number of aromatic nitrogens is 2. The minimum atomic E-state index is 0.215. The zero-order chi connectivity index (χ0) is 13.7. The van der Waals surface area contributed by atoms with Crippen LogP contribution in [-0.2, 0) is 4.74 Å². The lowest BCUT2D eigenvalue weighted by atomic mass is 10.2. The molecule has 6 heteroatoms. The van der Waals surface area contributed by atoms with Crippen LogP contribution in [0, 0.1) is 11.8 Å². The molecular formula is C13H19N3O2S. The van der Waals surface area contributed by atoms with Crippen LogP contribution in [-0.4, -0.2) is 41.3 Å². The number of hydrogen-bond acceptors (Lipinski definition) is 6. The molecule has 1 aliphatic heterocycles. The summed E-state index contributed by atoms with van der Waals surface area (Å²) in [6, 6.07) is 0.414. The third-order valence-corrected chi connectivity index (χ3v) is 3.42. The zero-order valence-corrected chi connectivity index (χ0v) is 12.4. The van der Waals surface area contributed by atoms with Gasteiger partial charge in [0.1, 0.15) is 0 Å². The van der Waals surface area contributed by atoms with Crippen molar-refractivity contribution in [2.24, 2.45) is 0 Å². The Balaban J connectivity index is 1.92. The zero-order valence-electron chi connectivity index (χ0n) is 11.5. The van der Waals surface area contributed by atoms with Gasteiger partial charge in [-0.2, -0.15) is 4.98 Å². The lowest BCUT2D eigenvalue weighted by Crippen LogP contribution is -2.45. The third kappa shape index (κ3) is 4.08. The highest BCUT2D eigenvalue weighted by Gasteiger charge is 2.24. The summed E-state index contributed by atoms with van der Waals surface area (Å²) >= 11 is 1.36. The monoisotopic (exact) mass is 281 g/mol. The van der Waals surface area contributed by atoms with Crippen molar-refractivity contribution in [1.29, 1.82) is 0 Å². The second kappa shape index (κ2) is 6.73. The van der Waals surface area contributed by atoms with Crippen molar-refractivity contribution in [2.75, 3.05) is 24.6 Å². The summed E-state index contributed by atoms with van der Waals surface area (Å²) < 4.78 is 15.3. The van der Waals surface area contributed by atoms with Gasteiger partial charge in [0.15, 0.2) is 6.61 Å². The van der Waals surface area contributed by atoms with Crippen LogP contribution < -0.4 is 9.64 Å². The van der Waals surface area contributed by atoms with E-state index in [9.17, 15) is 0 Å². The Morgan fingerprint density at radius 2 is 2.11 bits per heavy atom. The summed E-state index contributed by atoms with van der Waals surface area (Å²) in [7, 11) is 0. The average molecular weight is 281 g/mol. The molecule has 1 fully saturated rings. The molecule has 2 heterocycles. The van der Waals surface area contributed by atoms with Crippen LogP contribution in [0.1, 0.15) is 27.2 Å². The van der Waals surface area contributed by atoms with Crippen LogP contribution in [0.4, 0.5) is 5.13 Å². The summed E-state index contributed by atoms with van der Waals surface area (Å²) in [5.74, 6) is 5.85. The molecule has 0 radical (unpaired) electrons. The number of hydrogen-bond donors (Lipinski definition) is 0. The molecule has 104 valence electrons. The maximum atomic E-state index is 5.70. The molecule has 0 bridgehead atoms. The molecule has 2 atom stereocenters. The molecule has 0 amide bonds. The van der Waals surface area contributed by atoms with E-state index >= 15 is 0 Å². The van der Waals surface area contributed by atoms with Crippen LogP contribution in [0.3, 0.4) is 0 Å². The smallest absolute Gasteiger partial charge is 0.331 e. The highest BCUT2D eigenvalue weighted by molar-refractivity contribution is 7.09. The predicted octanol–water partition coefficient (Wildman–Crippen LogP) is 1.94. The van der Waals surface area contributed by atoms with E-state index in [1.165, 1.54) is 11.5 Å². The van der Waals surface area contributed by atoms with Crippen molar-refractivity contribution in [2.45, 2.75) is 39.4 Å². The summed E-state index contributed by atoms with van der Waals surface area (Å²) in [6.45, 7) is 8.18. The van der Waals surface area contributed by atoms with E-state index in [1.54, 1.807) is 0 Å². The van der Waals surface area contributed by atoms with Gasteiger partial charge in [0, 0.05) is 31.0 Å². The van der Waals surface area contributed by atoms with E-state index in [1.807, 2.05) is 6.92 Å². The van der Waals surface area contributed by atoms with Crippen molar-refractivity contribution in [3.8, 4) is 17.9 Å². The Hall–Kier alpha value is -1.32. The number of ether oxygens (including phenoxy) is 2. The molecule has 5 nitrogen and oxygen atoms in total. The molecule has 0 spiro atoms. The van der Waals surface area contributed by atoms with Gasteiger partial charge in [0.05, 0.1) is 12.2 Å². The highest BCUT2D eigenvalue weighted by Crippen LogP contribution is 2.24. The number of rotatable bonds is 3. The molecule has 0 aromatic carbocycles. The van der Waals surface area contributed by atoms with Gasteiger partial charge >= 0.3 is 6.01 Å². The maximum absolute atomic E-state index is 5.70. The molecule has 2 rings (SSSR count). The van der Waals surface area contributed by atoms with Crippen molar-refractivity contribution >= 4 is 16.7 Å². The fraction of sp³-hybridized carbons (Fsp3) is 0.692. The first-order valence-corrected chi connectivity index (χ1v) is 7.29. The Kier molecular flexibility index (Phi) is 5.00. The second-order valence-corrected chi connectivity index (χ2v) is 5.25. The minimum Gasteiger partial charge on any atom is -0.450 e. The van der Waals surface area contributed by atoms with E-state index in [-0.39, 0.29) is 12.2 Å². The van der Waals surface area contributed by atoms with Gasteiger partial charge in [-0.05, 0) is 13.8 Å². The van der Waals surface area contributed by atoms with Gasteiger partial charge in [-0.3, -0.25) is 0 Å². The Labute approximate surface area is 118 Å². The van der Waals surface area contributed by atoms with Gasteiger partial charge in [0.25, 0.3) is 0 Å². The summed E-state index contributed by atoms with van der Waals surface area (Å²) in [6.07, 6.45) is 1.27. The van der Waals surface area contributed by atoms with Crippen LogP contribution >= 0.6 is 11.5 Å². The van der Waals surface area contributed by atoms with Crippen LogP contribution in [0.2, 0.25) is 0 Å². The Bertz CT molecular complexity index is 456. The Morgan fingerprint density at radius 1 is 1.37 bits per heavy atom.